The molecule has 0 aliphatic carbocycles. The largest absolute Gasteiger partial charge is 0.478 e. The molecule has 0 amide bonds. The average molecular weight is 255 g/mol. The van der Waals surface area contributed by atoms with Gasteiger partial charge in [0.2, 0.25) is 0 Å². The van der Waals surface area contributed by atoms with Crippen LogP contribution < -0.4 is 5.32 Å². The van der Waals surface area contributed by atoms with E-state index < -0.39 is 5.97 Å². The smallest absolute Gasteiger partial charge is 0.335 e. The van der Waals surface area contributed by atoms with Crippen molar-refractivity contribution in [1.29, 1.82) is 0 Å². The topological polar surface area (TPSA) is 49.3 Å². The van der Waals surface area contributed by atoms with E-state index in [2.05, 4.69) is 31.3 Å². The number of carbonyl (C=O) groups is 1. The predicted octanol–water partition coefficient (Wildman–Crippen LogP) is 3.61. The van der Waals surface area contributed by atoms with Crippen LogP contribution >= 0.6 is 0 Å². The fraction of sp³-hybridized carbons (Fsp3) is 0.188. The van der Waals surface area contributed by atoms with Crippen LogP contribution in [0.25, 0.3) is 0 Å². The van der Waals surface area contributed by atoms with E-state index in [-0.39, 0.29) is 0 Å². The number of hydrogen-bond acceptors (Lipinski definition) is 2. The van der Waals surface area contributed by atoms with Gasteiger partial charge in [0.1, 0.15) is 0 Å². The number of aryl methyl sites for hydroxylation is 2. The van der Waals surface area contributed by atoms with Gasteiger partial charge in [0, 0.05) is 12.2 Å². The summed E-state index contributed by atoms with van der Waals surface area (Å²) >= 11 is 0. The van der Waals surface area contributed by atoms with Gasteiger partial charge in [-0.1, -0.05) is 24.3 Å². The second-order valence-electron chi connectivity index (χ2n) is 4.61. The number of aromatic carboxylic acids is 1. The van der Waals surface area contributed by atoms with Crippen molar-refractivity contribution in [2.45, 2.75) is 20.4 Å². The number of carboxylic acid groups (broad SMARTS) is 1. The summed E-state index contributed by atoms with van der Waals surface area (Å²) in [7, 11) is 0. The monoisotopic (exact) mass is 255 g/mol. The Morgan fingerprint density at radius 2 is 1.74 bits per heavy atom. The molecule has 3 nitrogen and oxygen atoms in total. The molecule has 2 N–H and O–H groups in total. The van der Waals surface area contributed by atoms with E-state index >= 15 is 0 Å². The standard InChI is InChI=1S/C16H17NO2/c1-11-5-3-6-12(2)15(11)10-17-14-8-4-7-13(9-14)16(18)19/h3-9,17H,10H2,1-2H3,(H,18,19). The van der Waals surface area contributed by atoms with Crippen molar-refractivity contribution in [2.75, 3.05) is 5.32 Å². The molecular weight excluding hydrogens is 238 g/mol. The van der Waals surface area contributed by atoms with Crippen molar-refractivity contribution in [3.8, 4) is 0 Å². The number of carboxylic acids is 1. The molecule has 19 heavy (non-hydrogen) atoms. The van der Waals surface area contributed by atoms with E-state index in [1.54, 1.807) is 18.2 Å². The summed E-state index contributed by atoms with van der Waals surface area (Å²) in [5, 5.41) is 12.2. The highest BCUT2D eigenvalue weighted by Crippen LogP contribution is 2.17. The Bertz CT molecular complexity index is 585. The first-order chi connectivity index (χ1) is 9.08. The molecule has 0 saturated carbocycles. The molecule has 98 valence electrons. The van der Waals surface area contributed by atoms with E-state index in [4.69, 9.17) is 5.11 Å². The van der Waals surface area contributed by atoms with Gasteiger partial charge in [-0.25, -0.2) is 4.79 Å². The Labute approximate surface area is 112 Å². The second-order valence-corrected chi connectivity index (χ2v) is 4.61. The molecule has 0 heterocycles. The summed E-state index contributed by atoms with van der Waals surface area (Å²) < 4.78 is 0. The Hall–Kier alpha value is -2.29. The minimum Gasteiger partial charge on any atom is -0.478 e. The molecule has 0 atom stereocenters. The summed E-state index contributed by atoms with van der Waals surface area (Å²) in [4.78, 5) is 10.9. The maximum atomic E-state index is 10.9. The van der Waals surface area contributed by atoms with Crippen LogP contribution in [0, 0.1) is 13.8 Å². The van der Waals surface area contributed by atoms with Crippen LogP contribution in [0.15, 0.2) is 42.5 Å². The summed E-state index contributed by atoms with van der Waals surface area (Å²) in [5.41, 5.74) is 4.85. The fourth-order valence-electron chi connectivity index (χ4n) is 2.08. The first-order valence-corrected chi connectivity index (χ1v) is 6.20. The van der Waals surface area contributed by atoms with Crippen LogP contribution in [0.5, 0.6) is 0 Å². The van der Waals surface area contributed by atoms with Crippen molar-refractivity contribution < 1.29 is 9.90 Å². The van der Waals surface area contributed by atoms with Crippen molar-refractivity contribution >= 4 is 11.7 Å². The number of anilines is 1. The maximum absolute atomic E-state index is 10.9. The van der Waals surface area contributed by atoms with E-state index in [1.165, 1.54) is 16.7 Å². The van der Waals surface area contributed by atoms with Gasteiger partial charge < -0.3 is 10.4 Å². The minimum atomic E-state index is -0.907. The molecular formula is C16H17NO2. The van der Waals surface area contributed by atoms with Crippen LogP contribution in [0.3, 0.4) is 0 Å². The Morgan fingerprint density at radius 3 is 2.37 bits per heavy atom. The molecule has 0 aliphatic heterocycles. The normalized spacial score (nSPS) is 10.2. The van der Waals surface area contributed by atoms with Gasteiger partial charge in [-0.05, 0) is 48.7 Å². The molecule has 2 rings (SSSR count). The number of rotatable bonds is 4. The lowest BCUT2D eigenvalue weighted by molar-refractivity contribution is 0.0697. The molecule has 0 spiro atoms. The number of benzene rings is 2. The minimum absolute atomic E-state index is 0.298. The quantitative estimate of drug-likeness (QED) is 0.877. The number of nitrogens with one attached hydrogen (secondary N) is 1. The lowest BCUT2D eigenvalue weighted by atomic mass is 10.0. The van der Waals surface area contributed by atoms with Gasteiger partial charge in [-0.2, -0.15) is 0 Å². The van der Waals surface area contributed by atoms with Gasteiger partial charge >= 0.3 is 5.97 Å². The number of hydrogen-bond donors (Lipinski definition) is 2. The van der Waals surface area contributed by atoms with Crippen molar-refractivity contribution in [3.05, 3.63) is 64.7 Å². The lowest BCUT2D eigenvalue weighted by Crippen LogP contribution is -2.04. The highest BCUT2D eigenvalue weighted by molar-refractivity contribution is 5.88. The molecule has 0 aliphatic rings. The molecule has 2 aromatic rings. The third-order valence-corrected chi connectivity index (χ3v) is 3.22. The molecule has 3 heteroatoms. The van der Waals surface area contributed by atoms with Gasteiger partial charge in [0.25, 0.3) is 0 Å². The third-order valence-electron chi connectivity index (χ3n) is 3.22. The van der Waals surface area contributed by atoms with Crippen molar-refractivity contribution in [2.24, 2.45) is 0 Å². The molecule has 0 unspecified atom stereocenters. The summed E-state index contributed by atoms with van der Waals surface area (Å²) in [6.07, 6.45) is 0. The molecule has 0 radical (unpaired) electrons. The summed E-state index contributed by atoms with van der Waals surface area (Å²) in [6, 6.07) is 13.1. The third kappa shape index (κ3) is 3.13. The van der Waals surface area contributed by atoms with Crippen LogP contribution in [0.4, 0.5) is 5.69 Å². The van der Waals surface area contributed by atoms with Gasteiger partial charge in [-0.3, -0.25) is 0 Å². The molecule has 0 aromatic heterocycles. The zero-order valence-electron chi connectivity index (χ0n) is 11.1. The Balaban J connectivity index is 2.15. The maximum Gasteiger partial charge on any atom is 0.335 e. The fourth-order valence-corrected chi connectivity index (χ4v) is 2.08. The summed E-state index contributed by atoms with van der Waals surface area (Å²) in [5.74, 6) is -0.907. The van der Waals surface area contributed by atoms with E-state index in [9.17, 15) is 4.79 Å². The first-order valence-electron chi connectivity index (χ1n) is 6.20. The van der Waals surface area contributed by atoms with Gasteiger partial charge in [0.05, 0.1) is 5.56 Å². The van der Waals surface area contributed by atoms with E-state index in [1.807, 2.05) is 12.1 Å². The zero-order valence-corrected chi connectivity index (χ0v) is 11.1. The Morgan fingerprint density at radius 1 is 1.11 bits per heavy atom. The second kappa shape index (κ2) is 5.57. The zero-order chi connectivity index (χ0) is 13.8. The van der Waals surface area contributed by atoms with Crippen LogP contribution in [-0.2, 0) is 6.54 Å². The van der Waals surface area contributed by atoms with E-state index in [0.717, 1.165) is 5.69 Å². The highest BCUT2D eigenvalue weighted by atomic mass is 16.4. The van der Waals surface area contributed by atoms with Crippen LogP contribution in [0.1, 0.15) is 27.0 Å². The van der Waals surface area contributed by atoms with Gasteiger partial charge in [0.15, 0.2) is 0 Å². The average Bonchev–Trinajstić information content (AvgIpc) is 2.38. The summed E-state index contributed by atoms with van der Waals surface area (Å²) in [6.45, 7) is 4.86. The molecule has 0 saturated heterocycles. The SMILES string of the molecule is Cc1cccc(C)c1CNc1cccc(C(=O)O)c1. The van der Waals surface area contributed by atoms with Crippen LogP contribution in [-0.4, -0.2) is 11.1 Å². The van der Waals surface area contributed by atoms with Crippen molar-refractivity contribution in [1.82, 2.24) is 0 Å². The highest BCUT2D eigenvalue weighted by Gasteiger charge is 2.04. The lowest BCUT2D eigenvalue weighted by Gasteiger charge is -2.12. The van der Waals surface area contributed by atoms with Crippen molar-refractivity contribution in [3.63, 3.8) is 0 Å². The molecule has 0 bridgehead atoms. The molecule has 2 aromatic carbocycles. The Kier molecular flexibility index (Phi) is 3.85. The van der Waals surface area contributed by atoms with Gasteiger partial charge in [-0.15, -0.1) is 0 Å². The van der Waals surface area contributed by atoms with E-state index in [0.29, 0.717) is 12.1 Å². The first kappa shape index (κ1) is 13.1. The predicted molar refractivity (Wildman–Crippen MR) is 76.6 cm³/mol. The molecule has 0 fully saturated rings. The van der Waals surface area contributed by atoms with Crippen LogP contribution in [0.2, 0.25) is 0 Å².